The molecule has 0 aliphatic rings. The van der Waals surface area contributed by atoms with E-state index >= 15 is 0 Å². The molecule has 2 atom stereocenters. The van der Waals surface area contributed by atoms with E-state index in [1.54, 1.807) is 0 Å². The maximum absolute atomic E-state index is 3.50. The van der Waals surface area contributed by atoms with Crippen molar-refractivity contribution in [3.8, 4) is 0 Å². The molecule has 0 aromatic rings. The normalized spacial score (nSPS) is 16.9. The molecule has 0 rings (SSSR count). The van der Waals surface area contributed by atoms with Gasteiger partial charge in [-0.15, -0.1) is 0 Å². The lowest BCUT2D eigenvalue weighted by Crippen LogP contribution is -2.47. The quantitative estimate of drug-likeness (QED) is 0.594. The molecule has 0 aromatic heterocycles. The minimum absolute atomic E-state index is 0.449. The molecule has 0 bridgehead atoms. The number of hydrogen-bond acceptors (Lipinski definition) is 2. The fourth-order valence-electron chi connectivity index (χ4n) is 1.03. The van der Waals surface area contributed by atoms with Crippen molar-refractivity contribution in [2.45, 2.75) is 46.3 Å². The lowest BCUT2D eigenvalue weighted by atomic mass is 10.1. The van der Waals surface area contributed by atoms with Gasteiger partial charge in [-0.1, -0.05) is 20.8 Å². The van der Waals surface area contributed by atoms with Crippen molar-refractivity contribution >= 4 is 0 Å². The van der Waals surface area contributed by atoms with Gasteiger partial charge in [-0.2, -0.15) is 0 Å². The summed E-state index contributed by atoms with van der Waals surface area (Å²) in [6.07, 6.45) is 1.63. The molecule has 0 aromatic carbocycles. The molecule has 2 nitrogen and oxygen atoms in total. The first-order valence-corrected chi connectivity index (χ1v) is 4.55. The summed E-state index contributed by atoms with van der Waals surface area (Å²) in [5, 5.41) is 6.76. The van der Waals surface area contributed by atoms with Crippen LogP contribution < -0.4 is 10.6 Å². The second-order valence-electron chi connectivity index (χ2n) is 3.49. The molecule has 68 valence electrons. The van der Waals surface area contributed by atoms with Crippen LogP contribution >= 0.6 is 0 Å². The summed E-state index contributed by atoms with van der Waals surface area (Å²) in [6, 6.07) is 0.606. The summed E-state index contributed by atoms with van der Waals surface area (Å²) in [5.74, 6) is 0.647. The topological polar surface area (TPSA) is 24.1 Å². The van der Waals surface area contributed by atoms with Gasteiger partial charge in [0.05, 0.1) is 6.17 Å². The first-order chi connectivity index (χ1) is 5.11. The molecule has 0 spiro atoms. The van der Waals surface area contributed by atoms with Crippen LogP contribution in [0.5, 0.6) is 0 Å². The molecular formula is C9H22N2. The van der Waals surface area contributed by atoms with Gasteiger partial charge in [-0.05, 0) is 26.3 Å². The number of nitrogens with one attached hydrogen (secondary N) is 2. The van der Waals surface area contributed by atoms with Crippen molar-refractivity contribution in [3.63, 3.8) is 0 Å². The van der Waals surface area contributed by atoms with E-state index in [4.69, 9.17) is 0 Å². The molecule has 0 heterocycles. The van der Waals surface area contributed by atoms with Crippen LogP contribution in [0.4, 0.5) is 0 Å². The molecule has 11 heavy (non-hydrogen) atoms. The van der Waals surface area contributed by atoms with Crippen molar-refractivity contribution in [1.29, 1.82) is 0 Å². The second kappa shape index (κ2) is 5.56. The van der Waals surface area contributed by atoms with Gasteiger partial charge in [0.15, 0.2) is 0 Å². The summed E-state index contributed by atoms with van der Waals surface area (Å²) in [6.45, 7) is 8.85. The zero-order valence-electron chi connectivity index (χ0n) is 8.44. The predicted molar refractivity (Wildman–Crippen MR) is 50.6 cm³/mol. The highest BCUT2D eigenvalue weighted by molar-refractivity contribution is 4.69. The minimum Gasteiger partial charge on any atom is -0.305 e. The third-order valence-electron chi connectivity index (χ3n) is 2.05. The fourth-order valence-corrected chi connectivity index (χ4v) is 1.03. The third-order valence-corrected chi connectivity index (χ3v) is 2.05. The summed E-state index contributed by atoms with van der Waals surface area (Å²) in [5.41, 5.74) is 0. The molecule has 0 fully saturated rings. The van der Waals surface area contributed by atoms with Crippen LogP contribution in [0.1, 0.15) is 34.1 Å². The van der Waals surface area contributed by atoms with Crippen LogP contribution in [-0.2, 0) is 0 Å². The Labute approximate surface area is 70.8 Å². The molecule has 0 radical (unpaired) electrons. The van der Waals surface area contributed by atoms with Gasteiger partial charge in [-0.3, -0.25) is 5.32 Å². The lowest BCUT2D eigenvalue weighted by molar-refractivity contribution is 0.319. The van der Waals surface area contributed by atoms with Gasteiger partial charge in [-0.25, -0.2) is 0 Å². The highest BCUT2D eigenvalue weighted by atomic mass is 15.1. The summed E-state index contributed by atoms with van der Waals surface area (Å²) in [4.78, 5) is 0. The van der Waals surface area contributed by atoms with Crippen LogP contribution in [0.25, 0.3) is 0 Å². The minimum atomic E-state index is 0.449. The maximum atomic E-state index is 3.50. The monoisotopic (exact) mass is 158 g/mol. The van der Waals surface area contributed by atoms with Crippen molar-refractivity contribution < 1.29 is 0 Å². The van der Waals surface area contributed by atoms with Crippen LogP contribution in [0, 0.1) is 5.92 Å². The van der Waals surface area contributed by atoms with E-state index < -0.39 is 0 Å². The van der Waals surface area contributed by atoms with E-state index in [2.05, 4.69) is 38.3 Å². The Balaban J connectivity index is 3.68. The zero-order chi connectivity index (χ0) is 8.85. The first-order valence-electron chi connectivity index (χ1n) is 4.55. The molecule has 0 saturated heterocycles. The van der Waals surface area contributed by atoms with Gasteiger partial charge in [0.2, 0.25) is 0 Å². The first kappa shape index (κ1) is 10.9. The van der Waals surface area contributed by atoms with Crippen molar-refractivity contribution in [1.82, 2.24) is 10.6 Å². The highest BCUT2D eigenvalue weighted by Gasteiger charge is 2.11. The Bertz CT molecular complexity index is 91.6. The molecule has 0 saturated carbocycles. The number of hydrogen-bond donors (Lipinski definition) is 2. The van der Waals surface area contributed by atoms with Gasteiger partial charge in [0.25, 0.3) is 0 Å². The van der Waals surface area contributed by atoms with Gasteiger partial charge >= 0.3 is 0 Å². The zero-order valence-corrected chi connectivity index (χ0v) is 8.44. The van der Waals surface area contributed by atoms with E-state index in [0.717, 1.165) is 0 Å². The fraction of sp³-hybridized carbons (Fsp3) is 1.00. The van der Waals surface area contributed by atoms with E-state index in [-0.39, 0.29) is 0 Å². The van der Waals surface area contributed by atoms with Crippen LogP contribution in [-0.4, -0.2) is 19.3 Å². The molecule has 0 aliphatic heterocycles. The molecular weight excluding hydrogens is 136 g/mol. The van der Waals surface area contributed by atoms with E-state index in [0.29, 0.717) is 18.1 Å². The maximum Gasteiger partial charge on any atom is 0.0594 e. The molecule has 2 heteroatoms. The number of rotatable bonds is 5. The Hall–Kier alpha value is -0.0800. The Morgan fingerprint density at radius 2 is 1.73 bits per heavy atom. The predicted octanol–water partition coefficient (Wildman–Crippen LogP) is 1.58. The van der Waals surface area contributed by atoms with Crippen LogP contribution in [0.2, 0.25) is 0 Å². The molecule has 2 N–H and O–H groups in total. The van der Waals surface area contributed by atoms with E-state index in [1.165, 1.54) is 6.42 Å². The standard InChI is InChI=1S/C9H22N2/c1-6-8(4)11-9(10-5)7(2)3/h7-11H,6H2,1-5H3. The largest absolute Gasteiger partial charge is 0.305 e. The van der Waals surface area contributed by atoms with E-state index in [9.17, 15) is 0 Å². The van der Waals surface area contributed by atoms with Crippen LogP contribution in [0.15, 0.2) is 0 Å². The van der Waals surface area contributed by atoms with Gasteiger partial charge in [0, 0.05) is 6.04 Å². The third kappa shape index (κ3) is 4.38. The SMILES string of the molecule is CCC(C)NC(NC)C(C)C. The van der Waals surface area contributed by atoms with E-state index in [1.807, 2.05) is 7.05 Å². The van der Waals surface area contributed by atoms with Gasteiger partial charge < -0.3 is 5.32 Å². The van der Waals surface area contributed by atoms with Gasteiger partial charge in [0.1, 0.15) is 0 Å². The summed E-state index contributed by atoms with van der Waals surface area (Å²) >= 11 is 0. The second-order valence-corrected chi connectivity index (χ2v) is 3.49. The molecule has 0 amide bonds. The lowest BCUT2D eigenvalue weighted by Gasteiger charge is -2.25. The molecule has 2 unspecified atom stereocenters. The molecule has 0 aliphatic carbocycles. The van der Waals surface area contributed by atoms with Crippen LogP contribution in [0.3, 0.4) is 0 Å². The summed E-state index contributed by atoms with van der Waals surface area (Å²) < 4.78 is 0. The summed E-state index contributed by atoms with van der Waals surface area (Å²) in [7, 11) is 2.00. The Morgan fingerprint density at radius 1 is 1.18 bits per heavy atom. The van der Waals surface area contributed by atoms with Crippen molar-refractivity contribution in [2.75, 3.05) is 7.05 Å². The Kier molecular flexibility index (Phi) is 5.51. The average Bonchev–Trinajstić information content (AvgIpc) is 1.99. The highest BCUT2D eigenvalue weighted by Crippen LogP contribution is 1.99. The van der Waals surface area contributed by atoms with Crippen molar-refractivity contribution in [2.24, 2.45) is 5.92 Å². The average molecular weight is 158 g/mol. The smallest absolute Gasteiger partial charge is 0.0594 e. The Morgan fingerprint density at radius 3 is 2.00 bits per heavy atom. The van der Waals surface area contributed by atoms with Crippen molar-refractivity contribution in [3.05, 3.63) is 0 Å².